The third-order valence-electron chi connectivity index (χ3n) is 4.31. The summed E-state index contributed by atoms with van der Waals surface area (Å²) < 4.78 is 5.16. The number of anilines is 1. The molecule has 1 saturated heterocycles. The summed E-state index contributed by atoms with van der Waals surface area (Å²) in [5.74, 6) is -0.151. The number of nitrogens with zero attached hydrogens (tertiary/aromatic N) is 2. The van der Waals surface area contributed by atoms with Crippen LogP contribution in [0, 0.1) is 0 Å². The standard InChI is InChI=1S/C20H19Cl2N3O4S/c1-3-25-17(26)10-16(19(28)23-11-5-4-6-13(7-11)29-2)30-20(25)24-12-8-14(21)18(27)15(22)9-12/h4-9,16,27H,3,10H2,1-2H3,(H,23,28)/t16-/m1/s1. The van der Waals surface area contributed by atoms with Crippen molar-refractivity contribution >= 4 is 63.3 Å². The van der Waals surface area contributed by atoms with E-state index >= 15 is 0 Å². The molecule has 1 aliphatic heterocycles. The number of thioether (sulfide) groups is 1. The van der Waals surface area contributed by atoms with Crippen LogP contribution in [0.25, 0.3) is 0 Å². The summed E-state index contributed by atoms with van der Waals surface area (Å²) in [4.78, 5) is 31.4. The smallest absolute Gasteiger partial charge is 0.238 e. The molecule has 2 aromatic carbocycles. The molecule has 2 N–H and O–H groups in total. The first kappa shape index (κ1) is 22.3. The van der Waals surface area contributed by atoms with Crippen molar-refractivity contribution in [2.45, 2.75) is 18.6 Å². The maximum Gasteiger partial charge on any atom is 0.238 e. The van der Waals surface area contributed by atoms with Crippen LogP contribution < -0.4 is 10.1 Å². The Kier molecular flexibility index (Phi) is 7.12. The quantitative estimate of drug-likeness (QED) is 0.665. The fourth-order valence-electron chi connectivity index (χ4n) is 2.80. The summed E-state index contributed by atoms with van der Waals surface area (Å²) in [6, 6.07) is 9.84. The third-order valence-corrected chi connectivity index (χ3v) is 6.08. The van der Waals surface area contributed by atoms with Crippen LogP contribution in [-0.4, -0.2) is 45.9 Å². The highest BCUT2D eigenvalue weighted by Crippen LogP contribution is 2.37. The molecule has 1 atom stereocenters. The summed E-state index contributed by atoms with van der Waals surface area (Å²) in [7, 11) is 1.54. The van der Waals surface area contributed by atoms with Crippen molar-refractivity contribution in [1.82, 2.24) is 4.90 Å². The Morgan fingerprint density at radius 3 is 2.67 bits per heavy atom. The Morgan fingerprint density at radius 2 is 2.03 bits per heavy atom. The van der Waals surface area contributed by atoms with Crippen LogP contribution in [0.2, 0.25) is 10.0 Å². The first-order valence-electron chi connectivity index (χ1n) is 9.01. The van der Waals surface area contributed by atoms with E-state index in [2.05, 4.69) is 10.3 Å². The highest BCUT2D eigenvalue weighted by molar-refractivity contribution is 8.15. The van der Waals surface area contributed by atoms with Crippen LogP contribution in [-0.2, 0) is 9.59 Å². The number of methoxy groups -OCH3 is 1. The molecule has 1 fully saturated rings. The molecule has 30 heavy (non-hydrogen) atoms. The van der Waals surface area contributed by atoms with E-state index in [0.717, 1.165) is 0 Å². The van der Waals surface area contributed by atoms with Gasteiger partial charge in [0, 0.05) is 24.7 Å². The van der Waals surface area contributed by atoms with E-state index in [0.29, 0.717) is 28.8 Å². The van der Waals surface area contributed by atoms with E-state index in [9.17, 15) is 14.7 Å². The second-order valence-corrected chi connectivity index (χ2v) is 8.31. The van der Waals surface area contributed by atoms with E-state index in [-0.39, 0.29) is 34.0 Å². The number of hydrogen-bond acceptors (Lipinski definition) is 6. The van der Waals surface area contributed by atoms with Gasteiger partial charge in [-0.1, -0.05) is 41.0 Å². The van der Waals surface area contributed by atoms with Gasteiger partial charge in [-0.25, -0.2) is 4.99 Å². The van der Waals surface area contributed by atoms with Crippen molar-refractivity contribution in [3.8, 4) is 11.5 Å². The second kappa shape index (κ2) is 9.59. The summed E-state index contributed by atoms with van der Waals surface area (Å²) in [6.07, 6.45) is 0.0461. The van der Waals surface area contributed by atoms with Crippen LogP contribution in [0.3, 0.4) is 0 Å². The van der Waals surface area contributed by atoms with Crippen molar-refractivity contribution in [3.05, 3.63) is 46.4 Å². The molecule has 0 unspecified atom stereocenters. The minimum absolute atomic E-state index is 0.0457. The van der Waals surface area contributed by atoms with E-state index in [4.69, 9.17) is 27.9 Å². The lowest BCUT2D eigenvalue weighted by Gasteiger charge is -2.31. The zero-order valence-corrected chi connectivity index (χ0v) is 18.5. The fourth-order valence-corrected chi connectivity index (χ4v) is 4.44. The van der Waals surface area contributed by atoms with Gasteiger partial charge in [-0.15, -0.1) is 0 Å². The number of amides is 2. The number of halogens is 2. The predicted octanol–water partition coefficient (Wildman–Crippen LogP) is 4.69. The molecule has 7 nitrogen and oxygen atoms in total. The average molecular weight is 468 g/mol. The Bertz CT molecular complexity index is 992. The number of phenols is 1. The SMILES string of the molecule is CCN1C(=O)C[C@H](C(=O)Nc2cccc(OC)c2)SC1=Nc1cc(Cl)c(O)c(Cl)c1. The molecule has 1 heterocycles. The van der Waals surface area contributed by atoms with Gasteiger partial charge in [0.25, 0.3) is 0 Å². The number of aromatic hydroxyl groups is 1. The number of carbonyl (C=O) groups is 2. The van der Waals surface area contributed by atoms with Crippen molar-refractivity contribution in [2.75, 3.05) is 19.0 Å². The molecule has 0 radical (unpaired) electrons. The molecule has 2 aromatic rings. The lowest BCUT2D eigenvalue weighted by Crippen LogP contribution is -2.45. The summed E-state index contributed by atoms with van der Waals surface area (Å²) >= 11 is 13.1. The molecule has 0 bridgehead atoms. The third kappa shape index (κ3) is 5.00. The largest absolute Gasteiger partial charge is 0.505 e. The molecule has 3 rings (SSSR count). The molecule has 0 spiro atoms. The number of aliphatic imine (C=N–C) groups is 1. The van der Waals surface area contributed by atoms with E-state index < -0.39 is 5.25 Å². The number of rotatable bonds is 5. The topological polar surface area (TPSA) is 91.2 Å². The van der Waals surface area contributed by atoms with Crippen LogP contribution >= 0.6 is 35.0 Å². The molecule has 10 heteroatoms. The Hall–Kier alpha value is -2.42. The second-order valence-electron chi connectivity index (χ2n) is 6.32. The Morgan fingerprint density at radius 1 is 1.33 bits per heavy atom. The van der Waals surface area contributed by atoms with Gasteiger partial charge in [-0.3, -0.25) is 14.5 Å². The summed E-state index contributed by atoms with van der Waals surface area (Å²) in [5, 5.41) is 12.3. The predicted molar refractivity (Wildman–Crippen MR) is 120 cm³/mol. The van der Waals surface area contributed by atoms with E-state index in [1.165, 1.54) is 28.8 Å². The first-order chi connectivity index (χ1) is 14.3. The molecular weight excluding hydrogens is 449 g/mol. The molecule has 0 aromatic heterocycles. The average Bonchev–Trinajstić information content (AvgIpc) is 2.71. The fraction of sp³-hybridized carbons (Fsp3) is 0.250. The zero-order chi connectivity index (χ0) is 21.8. The van der Waals surface area contributed by atoms with E-state index in [1.807, 2.05) is 6.92 Å². The number of hydrogen-bond donors (Lipinski definition) is 2. The summed E-state index contributed by atoms with van der Waals surface area (Å²) in [6.45, 7) is 2.22. The van der Waals surface area contributed by atoms with Crippen molar-refractivity contribution < 1.29 is 19.4 Å². The van der Waals surface area contributed by atoms with Crippen LogP contribution in [0.1, 0.15) is 13.3 Å². The van der Waals surface area contributed by atoms with Crippen molar-refractivity contribution in [3.63, 3.8) is 0 Å². The van der Waals surface area contributed by atoms with Gasteiger partial charge in [0.15, 0.2) is 10.9 Å². The van der Waals surface area contributed by atoms with Crippen LogP contribution in [0.5, 0.6) is 11.5 Å². The van der Waals surface area contributed by atoms with Gasteiger partial charge in [0.05, 0.1) is 22.8 Å². The molecule has 0 saturated carbocycles. The maximum absolute atomic E-state index is 12.8. The van der Waals surface area contributed by atoms with E-state index in [1.54, 1.807) is 31.4 Å². The maximum atomic E-state index is 12.8. The summed E-state index contributed by atoms with van der Waals surface area (Å²) in [5.41, 5.74) is 0.936. The number of phenolic OH excluding ortho intramolecular Hbond substituents is 1. The lowest BCUT2D eigenvalue weighted by molar-refractivity contribution is -0.129. The van der Waals surface area contributed by atoms with Gasteiger partial charge in [0.2, 0.25) is 11.8 Å². The van der Waals surface area contributed by atoms with Crippen molar-refractivity contribution in [2.24, 2.45) is 4.99 Å². The molecule has 0 aliphatic carbocycles. The van der Waals surface area contributed by atoms with Gasteiger partial charge in [0.1, 0.15) is 11.0 Å². The zero-order valence-electron chi connectivity index (χ0n) is 16.2. The number of ether oxygens (including phenoxy) is 1. The van der Waals surface area contributed by atoms with Crippen LogP contribution in [0.4, 0.5) is 11.4 Å². The highest BCUT2D eigenvalue weighted by atomic mass is 35.5. The number of nitrogens with one attached hydrogen (secondary N) is 1. The van der Waals surface area contributed by atoms with Gasteiger partial charge in [-0.2, -0.15) is 0 Å². The van der Waals surface area contributed by atoms with Crippen LogP contribution in [0.15, 0.2) is 41.4 Å². The first-order valence-corrected chi connectivity index (χ1v) is 10.6. The minimum atomic E-state index is -0.659. The monoisotopic (exact) mass is 467 g/mol. The highest BCUT2D eigenvalue weighted by Gasteiger charge is 2.35. The molecule has 158 valence electrons. The van der Waals surface area contributed by atoms with Crippen molar-refractivity contribution in [1.29, 1.82) is 0 Å². The Labute approximate surface area is 188 Å². The number of carbonyl (C=O) groups excluding carboxylic acids is 2. The number of amidine groups is 1. The molecule has 2 amide bonds. The molecule has 1 aliphatic rings. The Balaban J connectivity index is 1.85. The van der Waals surface area contributed by atoms with Gasteiger partial charge >= 0.3 is 0 Å². The van der Waals surface area contributed by atoms with Gasteiger partial charge < -0.3 is 15.2 Å². The lowest BCUT2D eigenvalue weighted by atomic mass is 10.2. The minimum Gasteiger partial charge on any atom is -0.505 e. The normalized spacial score (nSPS) is 17.9. The molecular formula is C20H19Cl2N3O4S. The van der Waals surface area contributed by atoms with Gasteiger partial charge in [-0.05, 0) is 31.2 Å². The number of benzene rings is 2.